The quantitative estimate of drug-likeness (QED) is 0.356. The lowest BCUT2D eigenvalue weighted by Gasteiger charge is -2.20. The molecule has 4 heteroatoms. The van der Waals surface area contributed by atoms with E-state index in [1.807, 2.05) is 31.3 Å². The summed E-state index contributed by atoms with van der Waals surface area (Å²) >= 11 is 0. The average Bonchev–Trinajstić information content (AvgIpc) is 2.35. The highest BCUT2D eigenvalue weighted by Gasteiger charge is 2.05. The summed E-state index contributed by atoms with van der Waals surface area (Å²) in [6, 6.07) is 7.69. The minimum Gasteiger partial charge on any atom is -0.409 e. The lowest BCUT2D eigenvalue weighted by atomic mass is 10.1. The van der Waals surface area contributed by atoms with E-state index >= 15 is 0 Å². The van der Waals surface area contributed by atoms with Crippen LogP contribution >= 0.6 is 0 Å². The molecule has 0 atom stereocenters. The monoisotopic (exact) mass is 235 g/mol. The lowest BCUT2D eigenvalue weighted by Crippen LogP contribution is -2.21. The number of oxime groups is 1. The van der Waals surface area contributed by atoms with Gasteiger partial charge in [-0.05, 0) is 24.5 Å². The number of benzene rings is 1. The van der Waals surface area contributed by atoms with E-state index < -0.39 is 0 Å². The Hall–Kier alpha value is -1.71. The zero-order valence-electron chi connectivity index (χ0n) is 10.7. The molecule has 0 aliphatic carbocycles. The van der Waals surface area contributed by atoms with E-state index in [0.717, 1.165) is 24.2 Å². The van der Waals surface area contributed by atoms with Gasteiger partial charge in [0.15, 0.2) is 5.84 Å². The summed E-state index contributed by atoms with van der Waals surface area (Å²) in [5, 5.41) is 11.7. The molecule has 0 spiro atoms. The van der Waals surface area contributed by atoms with Crippen LogP contribution in [0.3, 0.4) is 0 Å². The van der Waals surface area contributed by atoms with Gasteiger partial charge in [0.2, 0.25) is 0 Å². The van der Waals surface area contributed by atoms with Crippen molar-refractivity contribution in [1.82, 2.24) is 0 Å². The summed E-state index contributed by atoms with van der Waals surface area (Å²) in [4.78, 5) is 2.17. The van der Waals surface area contributed by atoms with Crippen molar-refractivity contribution in [2.24, 2.45) is 16.8 Å². The van der Waals surface area contributed by atoms with Gasteiger partial charge in [-0.3, -0.25) is 0 Å². The molecule has 1 rings (SSSR count). The van der Waals surface area contributed by atoms with Crippen LogP contribution in [-0.4, -0.2) is 24.6 Å². The van der Waals surface area contributed by atoms with Gasteiger partial charge in [-0.25, -0.2) is 0 Å². The molecule has 0 unspecified atom stereocenters. The van der Waals surface area contributed by atoms with Crippen LogP contribution in [0.4, 0.5) is 5.69 Å². The number of rotatable bonds is 5. The highest BCUT2D eigenvalue weighted by molar-refractivity contribution is 5.97. The molecule has 0 saturated carbocycles. The Morgan fingerprint density at radius 2 is 2.18 bits per heavy atom. The van der Waals surface area contributed by atoms with Crippen LogP contribution in [0.2, 0.25) is 0 Å². The fourth-order valence-corrected chi connectivity index (χ4v) is 1.54. The van der Waals surface area contributed by atoms with Crippen molar-refractivity contribution in [3.05, 3.63) is 29.8 Å². The van der Waals surface area contributed by atoms with Crippen molar-refractivity contribution in [2.45, 2.75) is 20.3 Å². The van der Waals surface area contributed by atoms with Gasteiger partial charge in [0, 0.05) is 24.8 Å². The summed E-state index contributed by atoms with van der Waals surface area (Å²) in [6.07, 6.45) is 1.14. The maximum absolute atomic E-state index is 8.64. The maximum atomic E-state index is 8.64. The van der Waals surface area contributed by atoms with E-state index in [1.54, 1.807) is 0 Å². The number of nitrogens with two attached hydrogens (primary N) is 1. The van der Waals surface area contributed by atoms with Crippen LogP contribution in [0.1, 0.15) is 25.8 Å². The molecule has 0 fully saturated rings. The predicted molar refractivity (Wildman–Crippen MR) is 71.7 cm³/mol. The average molecular weight is 235 g/mol. The van der Waals surface area contributed by atoms with Crippen molar-refractivity contribution in [3.63, 3.8) is 0 Å². The molecule has 0 amide bonds. The Bertz CT molecular complexity index is 388. The van der Waals surface area contributed by atoms with Gasteiger partial charge in [0.05, 0.1) is 0 Å². The van der Waals surface area contributed by atoms with Crippen LogP contribution in [0.25, 0.3) is 0 Å². The second-order valence-corrected chi connectivity index (χ2v) is 4.64. The second-order valence-electron chi connectivity index (χ2n) is 4.64. The van der Waals surface area contributed by atoms with Gasteiger partial charge < -0.3 is 15.8 Å². The zero-order valence-corrected chi connectivity index (χ0v) is 10.7. The van der Waals surface area contributed by atoms with Gasteiger partial charge in [0.25, 0.3) is 0 Å². The summed E-state index contributed by atoms with van der Waals surface area (Å²) in [7, 11) is 2.05. The maximum Gasteiger partial charge on any atom is 0.170 e. The molecule has 4 nitrogen and oxygen atoms in total. The molecule has 0 bridgehead atoms. The molecule has 3 N–H and O–H groups in total. The zero-order chi connectivity index (χ0) is 12.8. The van der Waals surface area contributed by atoms with Crippen LogP contribution in [0.15, 0.2) is 29.4 Å². The number of hydrogen-bond donors (Lipinski definition) is 2. The molecule has 0 aliphatic heterocycles. The molecular weight excluding hydrogens is 214 g/mol. The Balaban J connectivity index is 2.77. The van der Waals surface area contributed by atoms with Crippen LogP contribution < -0.4 is 10.6 Å². The molecule has 0 saturated heterocycles. The van der Waals surface area contributed by atoms with E-state index in [1.165, 1.54) is 0 Å². The van der Waals surface area contributed by atoms with Crippen LogP contribution in [0, 0.1) is 5.92 Å². The van der Waals surface area contributed by atoms with Crippen LogP contribution in [-0.2, 0) is 0 Å². The highest BCUT2D eigenvalue weighted by Crippen LogP contribution is 2.16. The van der Waals surface area contributed by atoms with Gasteiger partial charge in [-0.2, -0.15) is 0 Å². The minimum absolute atomic E-state index is 0.143. The lowest BCUT2D eigenvalue weighted by molar-refractivity contribution is 0.318. The normalized spacial score (nSPS) is 11.9. The molecule has 0 aliphatic rings. The van der Waals surface area contributed by atoms with Crippen molar-refractivity contribution in [3.8, 4) is 0 Å². The molecule has 1 aromatic carbocycles. The van der Waals surface area contributed by atoms with Crippen molar-refractivity contribution >= 4 is 11.5 Å². The number of hydrogen-bond acceptors (Lipinski definition) is 3. The third-order valence-electron chi connectivity index (χ3n) is 2.73. The topological polar surface area (TPSA) is 61.8 Å². The second kappa shape index (κ2) is 6.13. The van der Waals surface area contributed by atoms with Crippen molar-refractivity contribution < 1.29 is 5.21 Å². The van der Waals surface area contributed by atoms with Gasteiger partial charge in [-0.15, -0.1) is 0 Å². The number of amidine groups is 1. The largest absolute Gasteiger partial charge is 0.409 e. The Labute approximate surface area is 103 Å². The van der Waals surface area contributed by atoms with Crippen molar-refractivity contribution in [1.29, 1.82) is 0 Å². The smallest absolute Gasteiger partial charge is 0.170 e. The molecule has 94 valence electrons. The fourth-order valence-electron chi connectivity index (χ4n) is 1.54. The highest BCUT2D eigenvalue weighted by atomic mass is 16.4. The summed E-state index contributed by atoms with van der Waals surface area (Å²) in [5.74, 6) is 0.828. The van der Waals surface area contributed by atoms with Gasteiger partial charge in [-0.1, -0.05) is 31.1 Å². The van der Waals surface area contributed by atoms with Crippen LogP contribution in [0.5, 0.6) is 0 Å². The van der Waals surface area contributed by atoms with E-state index in [-0.39, 0.29) is 5.84 Å². The van der Waals surface area contributed by atoms with E-state index in [9.17, 15) is 0 Å². The molecule has 17 heavy (non-hydrogen) atoms. The first-order valence-electron chi connectivity index (χ1n) is 5.83. The van der Waals surface area contributed by atoms with Crippen molar-refractivity contribution in [2.75, 3.05) is 18.5 Å². The molecule has 0 radical (unpaired) electrons. The minimum atomic E-state index is 0.143. The molecule has 1 aromatic rings. The summed E-state index contributed by atoms with van der Waals surface area (Å²) < 4.78 is 0. The Morgan fingerprint density at radius 1 is 1.47 bits per heavy atom. The standard InChI is InChI=1S/C13H21N3O/c1-10(2)7-8-16(3)12-6-4-5-11(9-12)13(14)15-17/h4-6,9-10,17H,7-8H2,1-3H3,(H2,14,15). The SMILES string of the molecule is CC(C)CCN(C)c1cccc(C(N)=NO)c1. The number of nitrogens with zero attached hydrogens (tertiary/aromatic N) is 2. The fraction of sp³-hybridized carbons (Fsp3) is 0.462. The van der Waals surface area contributed by atoms with Gasteiger partial charge >= 0.3 is 0 Å². The number of anilines is 1. The van der Waals surface area contributed by atoms with E-state index in [4.69, 9.17) is 10.9 Å². The predicted octanol–water partition coefficient (Wildman–Crippen LogP) is 2.26. The first kappa shape index (κ1) is 13.4. The summed E-state index contributed by atoms with van der Waals surface area (Å²) in [5.41, 5.74) is 7.38. The molecule has 0 heterocycles. The first-order chi connectivity index (χ1) is 8.04. The van der Waals surface area contributed by atoms with Gasteiger partial charge in [0.1, 0.15) is 0 Å². The Kier molecular flexibility index (Phi) is 4.82. The third-order valence-corrected chi connectivity index (χ3v) is 2.73. The molecule has 0 aromatic heterocycles. The first-order valence-corrected chi connectivity index (χ1v) is 5.83. The van der Waals surface area contributed by atoms with E-state index in [0.29, 0.717) is 5.92 Å². The molecular formula is C13H21N3O. The Morgan fingerprint density at radius 3 is 2.76 bits per heavy atom. The van der Waals surface area contributed by atoms with E-state index in [2.05, 4.69) is 23.9 Å². The third kappa shape index (κ3) is 3.98. The summed E-state index contributed by atoms with van der Waals surface area (Å²) in [6.45, 7) is 5.42.